The molecule has 0 aromatic carbocycles. The average Bonchev–Trinajstić information content (AvgIpc) is 3.00. The number of rotatable bonds is 4. The van der Waals surface area contributed by atoms with Crippen molar-refractivity contribution in [3.05, 3.63) is 47.2 Å². The Hall–Kier alpha value is -2.83. The summed E-state index contributed by atoms with van der Waals surface area (Å²) < 4.78 is 3.77. The number of imidazole rings is 1. The molecule has 0 bridgehead atoms. The summed E-state index contributed by atoms with van der Waals surface area (Å²) in [5, 5.41) is 10.3. The van der Waals surface area contributed by atoms with Gasteiger partial charge in [0.05, 0.1) is 17.1 Å². The molecule has 0 saturated carbocycles. The summed E-state index contributed by atoms with van der Waals surface area (Å²) in [6.45, 7) is 7.98. The van der Waals surface area contributed by atoms with Crippen LogP contribution in [0.2, 0.25) is 0 Å². The Morgan fingerprint density at radius 2 is 2.00 bits per heavy atom. The van der Waals surface area contributed by atoms with E-state index in [9.17, 15) is 4.79 Å². The molecule has 3 aromatic rings. The van der Waals surface area contributed by atoms with Crippen LogP contribution < -0.4 is 10.6 Å². The summed E-state index contributed by atoms with van der Waals surface area (Å²) in [6.07, 6.45) is 4.53. The molecule has 3 aromatic heterocycles. The molecule has 7 nitrogen and oxygen atoms in total. The minimum Gasteiger partial charge on any atom is -0.335 e. The van der Waals surface area contributed by atoms with Gasteiger partial charge in [0.2, 0.25) is 0 Å². The lowest BCUT2D eigenvalue weighted by Gasteiger charge is -2.15. The molecule has 1 unspecified atom stereocenters. The predicted molar refractivity (Wildman–Crippen MR) is 97.9 cm³/mol. The van der Waals surface area contributed by atoms with Crippen LogP contribution in [-0.2, 0) is 13.5 Å². The average molecular weight is 340 g/mol. The van der Waals surface area contributed by atoms with Crippen molar-refractivity contribution in [1.29, 1.82) is 0 Å². The van der Waals surface area contributed by atoms with Gasteiger partial charge in [0.25, 0.3) is 0 Å². The molecule has 3 heterocycles. The lowest BCUT2D eigenvalue weighted by atomic mass is 10.1. The first-order chi connectivity index (χ1) is 11.8. The molecule has 3 rings (SSSR count). The number of hydrogen-bond acceptors (Lipinski definition) is 3. The van der Waals surface area contributed by atoms with Crippen LogP contribution in [0.1, 0.15) is 29.6 Å². The van der Waals surface area contributed by atoms with Crippen LogP contribution in [-0.4, -0.2) is 31.2 Å². The number of urea groups is 1. The van der Waals surface area contributed by atoms with Crippen molar-refractivity contribution in [2.45, 2.75) is 40.2 Å². The zero-order valence-corrected chi connectivity index (χ0v) is 15.3. The number of amides is 2. The highest BCUT2D eigenvalue weighted by molar-refractivity contribution is 5.89. The fourth-order valence-electron chi connectivity index (χ4n) is 3.05. The zero-order chi connectivity index (χ0) is 18.1. The van der Waals surface area contributed by atoms with E-state index in [0.717, 1.165) is 34.8 Å². The SMILES string of the molecule is Cc1cn2cc(NC(=O)NC(C)Cc3c(C)nn(C)c3C)ccc2n1. The van der Waals surface area contributed by atoms with Gasteiger partial charge in [-0.2, -0.15) is 5.10 Å². The van der Waals surface area contributed by atoms with Gasteiger partial charge in [0, 0.05) is 31.2 Å². The number of hydrogen-bond donors (Lipinski definition) is 2. The van der Waals surface area contributed by atoms with Crippen LogP contribution in [0.25, 0.3) is 5.65 Å². The second kappa shape index (κ2) is 6.58. The number of nitrogens with one attached hydrogen (secondary N) is 2. The lowest BCUT2D eigenvalue weighted by molar-refractivity contribution is 0.249. The molecular formula is C18H24N6O. The molecule has 0 spiro atoms. The van der Waals surface area contributed by atoms with E-state index in [4.69, 9.17) is 0 Å². The standard InChI is InChI=1S/C18H24N6O/c1-11(8-16-13(3)22-23(5)14(16)4)20-18(25)21-15-6-7-17-19-12(2)9-24(17)10-15/h6-7,9-11H,8H2,1-5H3,(H2,20,21,25). The van der Waals surface area contributed by atoms with E-state index < -0.39 is 0 Å². The minimum absolute atomic E-state index is 0.000760. The van der Waals surface area contributed by atoms with Crippen LogP contribution in [0.3, 0.4) is 0 Å². The summed E-state index contributed by atoms with van der Waals surface area (Å²) in [4.78, 5) is 16.6. The third kappa shape index (κ3) is 3.65. The van der Waals surface area contributed by atoms with Crippen LogP contribution in [0.15, 0.2) is 24.5 Å². The van der Waals surface area contributed by atoms with Crippen LogP contribution >= 0.6 is 0 Å². The quantitative estimate of drug-likeness (QED) is 0.767. The third-order valence-corrected chi connectivity index (χ3v) is 4.38. The van der Waals surface area contributed by atoms with Crippen LogP contribution in [0.4, 0.5) is 10.5 Å². The highest BCUT2D eigenvalue weighted by Crippen LogP contribution is 2.15. The predicted octanol–water partition coefficient (Wildman–Crippen LogP) is 2.75. The van der Waals surface area contributed by atoms with Gasteiger partial charge in [0.15, 0.2) is 0 Å². The Morgan fingerprint density at radius 3 is 2.68 bits per heavy atom. The number of aryl methyl sites for hydroxylation is 3. The molecule has 1 atom stereocenters. The molecule has 0 saturated heterocycles. The van der Waals surface area contributed by atoms with Crippen molar-refractivity contribution in [3.63, 3.8) is 0 Å². The van der Waals surface area contributed by atoms with E-state index >= 15 is 0 Å². The molecule has 132 valence electrons. The highest BCUT2D eigenvalue weighted by Gasteiger charge is 2.15. The molecule has 2 amide bonds. The van der Waals surface area contributed by atoms with Crippen molar-refractivity contribution in [1.82, 2.24) is 24.5 Å². The first-order valence-electron chi connectivity index (χ1n) is 8.35. The zero-order valence-electron chi connectivity index (χ0n) is 15.3. The van der Waals surface area contributed by atoms with Gasteiger partial charge in [-0.1, -0.05) is 0 Å². The van der Waals surface area contributed by atoms with Crippen molar-refractivity contribution in [3.8, 4) is 0 Å². The molecule has 0 aliphatic carbocycles. The van der Waals surface area contributed by atoms with E-state index in [2.05, 4.69) is 20.7 Å². The molecule has 2 N–H and O–H groups in total. The number of carbonyl (C=O) groups excluding carboxylic acids is 1. The number of pyridine rings is 1. The van der Waals surface area contributed by atoms with E-state index in [0.29, 0.717) is 0 Å². The Labute approximate surface area is 147 Å². The number of fused-ring (bicyclic) bond motifs is 1. The maximum Gasteiger partial charge on any atom is 0.319 e. The number of anilines is 1. The summed E-state index contributed by atoms with van der Waals surface area (Å²) >= 11 is 0. The van der Waals surface area contributed by atoms with Gasteiger partial charge in [0.1, 0.15) is 5.65 Å². The first-order valence-corrected chi connectivity index (χ1v) is 8.35. The fourth-order valence-corrected chi connectivity index (χ4v) is 3.05. The topological polar surface area (TPSA) is 76.2 Å². The maximum atomic E-state index is 12.3. The molecular weight excluding hydrogens is 316 g/mol. The lowest BCUT2D eigenvalue weighted by Crippen LogP contribution is -2.37. The van der Waals surface area contributed by atoms with Gasteiger partial charge in [-0.15, -0.1) is 0 Å². The summed E-state index contributed by atoms with van der Waals surface area (Å²) in [5.41, 5.74) is 5.85. The van der Waals surface area contributed by atoms with E-state index in [-0.39, 0.29) is 12.1 Å². The van der Waals surface area contributed by atoms with Crippen LogP contribution in [0.5, 0.6) is 0 Å². The van der Waals surface area contributed by atoms with Crippen molar-refractivity contribution < 1.29 is 4.79 Å². The monoisotopic (exact) mass is 340 g/mol. The van der Waals surface area contributed by atoms with E-state index in [1.807, 2.05) is 68.4 Å². The largest absolute Gasteiger partial charge is 0.335 e. The molecule has 0 aliphatic rings. The second-order valence-electron chi connectivity index (χ2n) is 6.54. The summed E-state index contributed by atoms with van der Waals surface area (Å²) in [6, 6.07) is 3.51. The number of nitrogens with zero attached hydrogens (tertiary/aromatic N) is 4. The number of carbonyl (C=O) groups is 1. The third-order valence-electron chi connectivity index (χ3n) is 4.38. The Balaban J connectivity index is 1.62. The normalized spacial score (nSPS) is 12.4. The summed E-state index contributed by atoms with van der Waals surface area (Å²) in [7, 11) is 1.94. The van der Waals surface area contributed by atoms with Crippen LogP contribution in [0, 0.1) is 20.8 Å². The Bertz CT molecular complexity index is 923. The molecule has 25 heavy (non-hydrogen) atoms. The van der Waals surface area contributed by atoms with Crippen molar-refractivity contribution in [2.75, 3.05) is 5.32 Å². The smallest absolute Gasteiger partial charge is 0.319 e. The Kier molecular flexibility index (Phi) is 4.48. The fraction of sp³-hybridized carbons (Fsp3) is 0.389. The van der Waals surface area contributed by atoms with Gasteiger partial charge < -0.3 is 15.0 Å². The van der Waals surface area contributed by atoms with Gasteiger partial charge >= 0.3 is 6.03 Å². The van der Waals surface area contributed by atoms with Gasteiger partial charge in [-0.3, -0.25) is 4.68 Å². The Morgan fingerprint density at radius 1 is 1.24 bits per heavy atom. The second-order valence-corrected chi connectivity index (χ2v) is 6.54. The van der Waals surface area contributed by atoms with E-state index in [1.165, 1.54) is 5.56 Å². The maximum absolute atomic E-state index is 12.3. The van der Waals surface area contributed by atoms with Gasteiger partial charge in [-0.05, 0) is 51.8 Å². The van der Waals surface area contributed by atoms with E-state index in [1.54, 1.807) is 0 Å². The van der Waals surface area contributed by atoms with Crippen molar-refractivity contribution in [2.24, 2.45) is 7.05 Å². The summed E-state index contributed by atoms with van der Waals surface area (Å²) in [5.74, 6) is 0. The number of aromatic nitrogens is 4. The van der Waals surface area contributed by atoms with Crippen molar-refractivity contribution >= 4 is 17.4 Å². The highest BCUT2D eigenvalue weighted by atomic mass is 16.2. The molecule has 7 heteroatoms. The first kappa shape index (κ1) is 17.0. The minimum atomic E-state index is -0.220. The molecule has 0 radical (unpaired) electrons. The molecule has 0 aliphatic heterocycles. The van der Waals surface area contributed by atoms with Gasteiger partial charge in [-0.25, -0.2) is 9.78 Å². The molecule has 0 fully saturated rings.